The van der Waals surface area contributed by atoms with Crippen LogP contribution in [0.1, 0.15) is 43.7 Å². The quantitative estimate of drug-likeness (QED) is 0.551. The van der Waals surface area contributed by atoms with Crippen molar-refractivity contribution >= 4 is 39.4 Å². The van der Waals surface area contributed by atoms with Gasteiger partial charge in [0.2, 0.25) is 5.91 Å². The van der Waals surface area contributed by atoms with E-state index >= 15 is 0 Å². The van der Waals surface area contributed by atoms with Gasteiger partial charge in [-0.15, -0.1) is 4.36 Å². The lowest BCUT2D eigenvalue weighted by molar-refractivity contribution is -0.126. The number of aryl methyl sites for hydroxylation is 1. The molecular formula is C17H25N3O3S2. The van der Waals surface area contributed by atoms with Crippen LogP contribution in [0.4, 0.5) is 5.69 Å². The molecule has 1 rings (SSSR count). The summed E-state index contributed by atoms with van der Waals surface area (Å²) in [4.78, 5) is 14.2. The molecule has 1 aromatic carbocycles. The Morgan fingerprint density at radius 1 is 1.28 bits per heavy atom. The zero-order valence-electron chi connectivity index (χ0n) is 14.9. The van der Waals surface area contributed by atoms with Crippen LogP contribution >= 0.6 is 12.2 Å². The normalized spacial score (nSPS) is 10.2. The molecule has 1 aromatic rings. The van der Waals surface area contributed by atoms with E-state index in [2.05, 4.69) is 16.6 Å². The summed E-state index contributed by atoms with van der Waals surface area (Å²) < 4.78 is 25.1. The summed E-state index contributed by atoms with van der Waals surface area (Å²) >= 11 is 5.24. The second-order valence-electron chi connectivity index (χ2n) is 5.77. The minimum atomic E-state index is -2.52. The highest BCUT2D eigenvalue weighted by Gasteiger charge is 2.17. The largest absolute Gasteiger partial charge is 0.365 e. The fourth-order valence-corrected chi connectivity index (χ4v) is 2.94. The van der Waals surface area contributed by atoms with E-state index in [1.54, 1.807) is 37.1 Å². The van der Waals surface area contributed by atoms with E-state index in [9.17, 15) is 13.2 Å². The Morgan fingerprint density at radius 2 is 2.00 bits per heavy atom. The van der Waals surface area contributed by atoms with Crippen molar-refractivity contribution in [2.24, 2.45) is 4.36 Å². The zero-order valence-corrected chi connectivity index (χ0v) is 16.5. The van der Waals surface area contributed by atoms with Crippen LogP contribution in [-0.2, 0) is 21.7 Å². The summed E-state index contributed by atoms with van der Waals surface area (Å²) in [6, 6.07) is 5.19. The molecule has 0 aliphatic rings. The molecule has 8 heteroatoms. The van der Waals surface area contributed by atoms with E-state index in [0.717, 1.165) is 31.2 Å². The van der Waals surface area contributed by atoms with Crippen molar-refractivity contribution in [3.63, 3.8) is 0 Å². The molecule has 0 saturated carbocycles. The molecule has 1 N–H and O–H groups in total. The van der Waals surface area contributed by atoms with Crippen molar-refractivity contribution in [1.29, 1.82) is 0 Å². The van der Waals surface area contributed by atoms with Gasteiger partial charge in [0, 0.05) is 13.6 Å². The highest BCUT2D eigenvalue weighted by molar-refractivity contribution is 7.80. The van der Waals surface area contributed by atoms with E-state index in [1.807, 2.05) is 0 Å². The molecule has 0 heterocycles. The number of unbranched alkanes of at least 4 members (excludes halogenated alkanes) is 3. The number of nitrogens with zero attached hydrogens (tertiary/aromatic N) is 2. The number of thiocarbonyl (C=S) groups is 1. The average Bonchev–Trinajstić information content (AvgIpc) is 2.56. The maximum absolute atomic E-state index is 12.6. The van der Waals surface area contributed by atoms with Gasteiger partial charge in [-0.3, -0.25) is 9.69 Å². The van der Waals surface area contributed by atoms with Crippen molar-refractivity contribution < 1.29 is 13.2 Å². The highest BCUT2D eigenvalue weighted by atomic mass is 32.2. The van der Waals surface area contributed by atoms with Gasteiger partial charge in [0.1, 0.15) is 0 Å². The van der Waals surface area contributed by atoms with E-state index in [1.165, 1.54) is 0 Å². The van der Waals surface area contributed by atoms with Crippen LogP contribution in [0.25, 0.3) is 0 Å². The summed E-state index contributed by atoms with van der Waals surface area (Å²) in [7, 11) is -0.827. The Balaban J connectivity index is 2.88. The first-order chi connectivity index (χ1) is 11.9. The molecule has 0 aliphatic heterocycles. The number of hydrogen-bond acceptors (Lipinski definition) is 5. The number of nitrogens with one attached hydrogen (secondary N) is 1. The first-order valence-corrected chi connectivity index (χ1v) is 9.75. The topological polar surface area (TPSA) is 78.8 Å². The Bertz CT molecular complexity index is 738. The molecule has 0 spiro atoms. The summed E-state index contributed by atoms with van der Waals surface area (Å²) in [5, 5.41) is 3.26. The Labute approximate surface area is 156 Å². The van der Waals surface area contributed by atoms with Crippen LogP contribution in [0.5, 0.6) is 0 Å². The first kappa shape index (κ1) is 21.2. The minimum Gasteiger partial charge on any atom is -0.365 e. The third kappa shape index (κ3) is 7.31. The van der Waals surface area contributed by atoms with Gasteiger partial charge in [0.25, 0.3) is 0 Å². The van der Waals surface area contributed by atoms with E-state index in [0.29, 0.717) is 22.9 Å². The summed E-state index contributed by atoms with van der Waals surface area (Å²) in [6.45, 7) is 4.48. The predicted molar refractivity (Wildman–Crippen MR) is 103 cm³/mol. The third-order valence-electron chi connectivity index (χ3n) is 3.80. The molecule has 0 unspecified atom stereocenters. The van der Waals surface area contributed by atoms with Crippen LogP contribution in [0, 0.1) is 6.92 Å². The van der Waals surface area contributed by atoms with Gasteiger partial charge >= 0.3 is 10.5 Å². The molecule has 0 radical (unpaired) electrons. The van der Waals surface area contributed by atoms with Crippen LogP contribution in [0.2, 0.25) is 0 Å². The molecule has 25 heavy (non-hydrogen) atoms. The standard InChI is InChI=1S/C17H25N3O3S2/c1-4-5-6-7-10-20(17(24)18-3)16(21)12-14-9-8-13(2)15(11-14)19-25(22)23/h8-9,11H,4-7,10,12H2,1-3H3,(H,18,24). The van der Waals surface area contributed by atoms with Gasteiger partial charge in [-0.05, 0) is 42.8 Å². The molecule has 0 fully saturated rings. The SMILES string of the molecule is CCCCCCN(C(=O)Cc1ccc(C)c(N=S(=O)=O)c1)C(=S)NC. The number of benzene rings is 1. The third-order valence-corrected chi connectivity index (χ3v) is 4.57. The molecular weight excluding hydrogens is 358 g/mol. The first-order valence-electron chi connectivity index (χ1n) is 8.31. The van der Waals surface area contributed by atoms with E-state index < -0.39 is 10.5 Å². The highest BCUT2D eigenvalue weighted by Crippen LogP contribution is 2.21. The summed E-state index contributed by atoms with van der Waals surface area (Å²) in [6.07, 6.45) is 4.34. The van der Waals surface area contributed by atoms with Gasteiger partial charge < -0.3 is 5.32 Å². The van der Waals surface area contributed by atoms with Gasteiger partial charge in [-0.1, -0.05) is 38.3 Å². The summed E-state index contributed by atoms with van der Waals surface area (Å²) in [5.41, 5.74) is 1.80. The second kappa shape index (κ2) is 10.9. The number of rotatable bonds is 8. The van der Waals surface area contributed by atoms with Gasteiger partial charge in [0.05, 0.1) is 12.1 Å². The van der Waals surface area contributed by atoms with E-state index in [-0.39, 0.29) is 12.3 Å². The zero-order chi connectivity index (χ0) is 18.8. The van der Waals surface area contributed by atoms with Crippen LogP contribution in [-0.4, -0.2) is 37.9 Å². The summed E-state index contributed by atoms with van der Waals surface area (Å²) in [5.74, 6) is -0.117. The molecule has 0 saturated heterocycles. The van der Waals surface area contributed by atoms with Gasteiger partial charge in [-0.25, -0.2) is 0 Å². The number of amides is 1. The molecule has 6 nitrogen and oxygen atoms in total. The Morgan fingerprint density at radius 3 is 2.60 bits per heavy atom. The smallest absolute Gasteiger partial charge is 0.316 e. The van der Waals surface area contributed by atoms with Crippen molar-refractivity contribution in [3.8, 4) is 0 Å². The van der Waals surface area contributed by atoms with Gasteiger partial charge in [-0.2, -0.15) is 8.42 Å². The minimum absolute atomic E-state index is 0.117. The fourth-order valence-electron chi connectivity index (χ4n) is 2.38. The number of carbonyl (C=O) groups is 1. The molecule has 138 valence electrons. The second-order valence-corrected chi connectivity index (χ2v) is 6.77. The Hall–Kier alpha value is -1.80. The average molecular weight is 384 g/mol. The van der Waals surface area contributed by atoms with Crippen molar-refractivity contribution in [2.45, 2.75) is 46.0 Å². The molecule has 0 atom stereocenters. The van der Waals surface area contributed by atoms with Crippen LogP contribution in [0.15, 0.2) is 22.6 Å². The van der Waals surface area contributed by atoms with Crippen LogP contribution < -0.4 is 5.32 Å². The Kier molecular flexibility index (Phi) is 9.30. The van der Waals surface area contributed by atoms with Crippen molar-refractivity contribution in [3.05, 3.63) is 29.3 Å². The lowest BCUT2D eigenvalue weighted by Gasteiger charge is -2.23. The number of hydrogen-bond donors (Lipinski definition) is 1. The lowest BCUT2D eigenvalue weighted by atomic mass is 10.1. The van der Waals surface area contributed by atoms with Gasteiger partial charge in [0.15, 0.2) is 5.11 Å². The monoisotopic (exact) mass is 383 g/mol. The van der Waals surface area contributed by atoms with Crippen LogP contribution in [0.3, 0.4) is 0 Å². The molecule has 0 aromatic heterocycles. The maximum atomic E-state index is 12.6. The molecule has 0 bridgehead atoms. The van der Waals surface area contributed by atoms with Crippen molar-refractivity contribution in [2.75, 3.05) is 13.6 Å². The number of carbonyl (C=O) groups excluding carboxylic acids is 1. The van der Waals surface area contributed by atoms with Crippen molar-refractivity contribution in [1.82, 2.24) is 10.2 Å². The fraction of sp³-hybridized carbons (Fsp3) is 0.529. The van der Waals surface area contributed by atoms with E-state index in [4.69, 9.17) is 12.2 Å². The predicted octanol–water partition coefficient (Wildman–Crippen LogP) is 3.14. The maximum Gasteiger partial charge on any atom is 0.316 e. The molecule has 1 amide bonds. The lowest BCUT2D eigenvalue weighted by Crippen LogP contribution is -2.43. The molecule has 0 aliphatic carbocycles.